The van der Waals surface area contributed by atoms with E-state index in [2.05, 4.69) is 20.6 Å². The lowest BCUT2D eigenvalue weighted by Gasteiger charge is -2.16. The van der Waals surface area contributed by atoms with Gasteiger partial charge in [0.2, 0.25) is 5.95 Å². The molecule has 2 heterocycles. The van der Waals surface area contributed by atoms with Gasteiger partial charge in [-0.1, -0.05) is 25.7 Å². The zero-order chi connectivity index (χ0) is 17.0. The van der Waals surface area contributed by atoms with Gasteiger partial charge in [-0.05, 0) is 25.3 Å². The normalized spacial score (nSPS) is 24.2. The van der Waals surface area contributed by atoms with Crippen LogP contribution in [0.1, 0.15) is 55.4 Å². The van der Waals surface area contributed by atoms with Crippen LogP contribution in [0.3, 0.4) is 0 Å². The van der Waals surface area contributed by atoms with Gasteiger partial charge in [0.25, 0.3) is 5.91 Å². The molecule has 0 radical (unpaired) electrons. The molecule has 0 bridgehead atoms. The number of sulfone groups is 1. The molecule has 1 aromatic rings. The van der Waals surface area contributed by atoms with E-state index in [0.29, 0.717) is 18.1 Å². The minimum Gasteiger partial charge on any atom is -0.350 e. The van der Waals surface area contributed by atoms with Crippen molar-refractivity contribution in [1.29, 1.82) is 0 Å². The minimum atomic E-state index is -2.96. The highest BCUT2D eigenvalue weighted by Crippen LogP contribution is 2.18. The molecular weight excluding hydrogens is 328 g/mol. The molecule has 1 unspecified atom stereocenters. The van der Waals surface area contributed by atoms with Crippen molar-refractivity contribution in [1.82, 2.24) is 15.3 Å². The molecule has 1 aromatic heterocycles. The van der Waals surface area contributed by atoms with Crippen LogP contribution in [0.4, 0.5) is 5.95 Å². The third kappa shape index (κ3) is 4.66. The first-order chi connectivity index (χ1) is 11.5. The standard InChI is InChI=1S/C16H24N4O3S/c21-15(18-12-5-3-1-2-4-6-12)14-7-9-17-16(20-14)19-13-8-10-24(22,23)11-13/h7,9,12-13H,1-6,8,10-11H2,(H,18,21)(H,17,19,20). The van der Waals surface area contributed by atoms with Crippen LogP contribution >= 0.6 is 0 Å². The van der Waals surface area contributed by atoms with Gasteiger partial charge < -0.3 is 10.6 Å². The van der Waals surface area contributed by atoms with E-state index in [0.717, 1.165) is 25.7 Å². The maximum absolute atomic E-state index is 12.4. The van der Waals surface area contributed by atoms with Crippen molar-refractivity contribution in [2.45, 2.75) is 57.0 Å². The fourth-order valence-corrected chi connectivity index (χ4v) is 5.00. The predicted octanol–water partition coefficient (Wildman–Crippen LogP) is 1.53. The van der Waals surface area contributed by atoms with Crippen molar-refractivity contribution in [3.8, 4) is 0 Å². The first-order valence-electron chi connectivity index (χ1n) is 8.63. The second kappa shape index (κ2) is 7.46. The molecule has 1 saturated heterocycles. The molecule has 1 amide bonds. The van der Waals surface area contributed by atoms with Crippen LogP contribution in [0.5, 0.6) is 0 Å². The highest BCUT2D eigenvalue weighted by molar-refractivity contribution is 7.91. The molecule has 0 aromatic carbocycles. The Hall–Kier alpha value is -1.70. The summed E-state index contributed by atoms with van der Waals surface area (Å²) in [5.74, 6) is 0.401. The van der Waals surface area contributed by atoms with Crippen LogP contribution in [0.2, 0.25) is 0 Å². The van der Waals surface area contributed by atoms with Gasteiger partial charge in [-0.3, -0.25) is 4.79 Å². The molecule has 132 valence electrons. The van der Waals surface area contributed by atoms with Crippen molar-refractivity contribution in [2.24, 2.45) is 0 Å². The number of rotatable bonds is 4. The van der Waals surface area contributed by atoms with Crippen molar-refractivity contribution in [3.05, 3.63) is 18.0 Å². The van der Waals surface area contributed by atoms with Gasteiger partial charge in [0.1, 0.15) is 5.69 Å². The summed E-state index contributed by atoms with van der Waals surface area (Å²) in [5.41, 5.74) is 0.317. The quantitative estimate of drug-likeness (QED) is 0.797. The van der Waals surface area contributed by atoms with Crippen LogP contribution < -0.4 is 10.6 Å². The molecule has 24 heavy (non-hydrogen) atoms. The molecule has 3 rings (SSSR count). The largest absolute Gasteiger partial charge is 0.350 e. The summed E-state index contributed by atoms with van der Waals surface area (Å²) >= 11 is 0. The molecule has 1 saturated carbocycles. The Morgan fingerprint density at radius 1 is 1.08 bits per heavy atom. The molecule has 2 fully saturated rings. The molecular formula is C16H24N4O3S. The number of aromatic nitrogens is 2. The lowest BCUT2D eigenvalue weighted by atomic mass is 10.1. The number of anilines is 1. The van der Waals surface area contributed by atoms with Gasteiger partial charge in [0, 0.05) is 18.3 Å². The smallest absolute Gasteiger partial charge is 0.270 e. The summed E-state index contributed by atoms with van der Waals surface area (Å²) in [6.07, 6.45) is 8.88. The van der Waals surface area contributed by atoms with Gasteiger partial charge in [0.15, 0.2) is 9.84 Å². The number of nitrogens with zero attached hydrogens (tertiary/aromatic N) is 2. The molecule has 8 heteroatoms. The lowest BCUT2D eigenvalue weighted by Crippen LogP contribution is -2.35. The van der Waals surface area contributed by atoms with Crippen LogP contribution in [0, 0.1) is 0 Å². The van der Waals surface area contributed by atoms with Crippen molar-refractivity contribution >= 4 is 21.7 Å². The number of hydrogen-bond donors (Lipinski definition) is 2. The summed E-state index contributed by atoms with van der Waals surface area (Å²) < 4.78 is 23.0. The number of carbonyl (C=O) groups excluding carboxylic acids is 1. The topological polar surface area (TPSA) is 101 Å². The molecule has 2 N–H and O–H groups in total. The van der Waals surface area contributed by atoms with Gasteiger partial charge in [-0.15, -0.1) is 0 Å². The van der Waals surface area contributed by atoms with Crippen LogP contribution in [0.25, 0.3) is 0 Å². The Morgan fingerprint density at radius 2 is 1.83 bits per heavy atom. The van der Waals surface area contributed by atoms with Crippen LogP contribution in [-0.4, -0.2) is 47.9 Å². The number of carbonyl (C=O) groups is 1. The van der Waals surface area contributed by atoms with Crippen molar-refractivity contribution in [2.75, 3.05) is 16.8 Å². The van der Waals surface area contributed by atoms with Gasteiger partial charge >= 0.3 is 0 Å². The summed E-state index contributed by atoms with van der Waals surface area (Å²) in [6, 6.07) is 1.62. The van der Waals surface area contributed by atoms with Gasteiger partial charge in [-0.2, -0.15) is 0 Å². The van der Waals surface area contributed by atoms with E-state index < -0.39 is 9.84 Å². The van der Waals surface area contributed by atoms with Crippen molar-refractivity contribution in [3.63, 3.8) is 0 Å². The van der Waals surface area contributed by atoms with E-state index >= 15 is 0 Å². The van der Waals surface area contributed by atoms with Crippen molar-refractivity contribution < 1.29 is 13.2 Å². The molecule has 2 aliphatic rings. The summed E-state index contributed by atoms with van der Waals surface area (Å²) in [4.78, 5) is 20.7. The Bertz CT molecular complexity index is 684. The molecule has 1 atom stereocenters. The third-order valence-corrected chi connectivity index (χ3v) is 6.41. The predicted molar refractivity (Wildman–Crippen MR) is 91.7 cm³/mol. The lowest BCUT2D eigenvalue weighted by molar-refractivity contribution is 0.0928. The Kier molecular flexibility index (Phi) is 5.33. The van der Waals surface area contributed by atoms with Gasteiger partial charge in [0.05, 0.1) is 11.5 Å². The van der Waals surface area contributed by atoms with E-state index in [1.165, 1.54) is 19.0 Å². The highest BCUT2D eigenvalue weighted by Gasteiger charge is 2.28. The monoisotopic (exact) mass is 352 g/mol. The van der Waals surface area contributed by atoms with E-state index in [9.17, 15) is 13.2 Å². The Labute approximate surface area is 142 Å². The average molecular weight is 352 g/mol. The van der Waals surface area contributed by atoms with E-state index in [-0.39, 0.29) is 29.5 Å². The average Bonchev–Trinajstić information content (AvgIpc) is 2.75. The zero-order valence-corrected chi connectivity index (χ0v) is 14.5. The number of amides is 1. The second-order valence-corrected chi connectivity index (χ2v) is 8.90. The van der Waals surface area contributed by atoms with Gasteiger partial charge in [-0.25, -0.2) is 18.4 Å². The second-order valence-electron chi connectivity index (χ2n) is 6.67. The fraction of sp³-hybridized carbons (Fsp3) is 0.688. The third-order valence-electron chi connectivity index (χ3n) is 4.64. The molecule has 1 aliphatic carbocycles. The number of hydrogen-bond acceptors (Lipinski definition) is 6. The van der Waals surface area contributed by atoms with E-state index in [1.807, 2.05) is 0 Å². The first kappa shape index (κ1) is 17.1. The zero-order valence-electron chi connectivity index (χ0n) is 13.7. The first-order valence-corrected chi connectivity index (χ1v) is 10.4. The molecule has 0 spiro atoms. The maximum Gasteiger partial charge on any atom is 0.270 e. The van der Waals surface area contributed by atoms with E-state index in [1.54, 1.807) is 6.07 Å². The Morgan fingerprint density at radius 3 is 2.50 bits per heavy atom. The van der Waals surface area contributed by atoms with Crippen LogP contribution in [0.15, 0.2) is 12.3 Å². The summed E-state index contributed by atoms with van der Waals surface area (Å²) in [7, 11) is -2.96. The highest BCUT2D eigenvalue weighted by atomic mass is 32.2. The summed E-state index contributed by atoms with van der Waals surface area (Å²) in [5, 5.41) is 6.08. The SMILES string of the molecule is O=C(NC1CCCCCC1)c1ccnc(NC2CCS(=O)(=O)C2)n1. The van der Waals surface area contributed by atoms with Crippen LogP contribution in [-0.2, 0) is 9.84 Å². The molecule has 1 aliphatic heterocycles. The maximum atomic E-state index is 12.4. The van der Waals surface area contributed by atoms with E-state index in [4.69, 9.17) is 0 Å². The number of nitrogens with one attached hydrogen (secondary N) is 2. The fourth-order valence-electron chi connectivity index (χ4n) is 3.33. The minimum absolute atomic E-state index is 0.0921. The summed E-state index contributed by atoms with van der Waals surface area (Å²) in [6.45, 7) is 0. The Balaban J connectivity index is 1.60. The molecule has 7 nitrogen and oxygen atoms in total.